The van der Waals surface area contributed by atoms with Gasteiger partial charge in [0.25, 0.3) is 17.4 Å². The van der Waals surface area contributed by atoms with Crippen LogP contribution < -0.4 is 15.8 Å². The number of nitriles is 1. The van der Waals surface area contributed by atoms with Crippen LogP contribution >= 0.6 is 0 Å². The maximum atomic E-state index is 14.8. The summed E-state index contributed by atoms with van der Waals surface area (Å²) in [5.41, 5.74) is -4.63. The molecule has 2 saturated heterocycles. The molecule has 3 heterocycles. The van der Waals surface area contributed by atoms with Crippen LogP contribution in [0.25, 0.3) is 10.9 Å². The fraction of sp³-hybridized carbons (Fsp3) is 0.333. The Bertz CT molecular complexity index is 1640. The number of halogens is 5. The van der Waals surface area contributed by atoms with Gasteiger partial charge in [-0.25, -0.2) is 4.39 Å². The number of hydrogen-bond donors (Lipinski definition) is 2. The van der Waals surface area contributed by atoms with E-state index >= 15 is 0 Å². The number of para-hydroxylation sites is 1. The monoisotopic (exact) mass is 575 g/mol. The Balaban J connectivity index is 1.48. The van der Waals surface area contributed by atoms with Crippen LogP contribution in [0.4, 0.5) is 27.6 Å². The summed E-state index contributed by atoms with van der Waals surface area (Å²) in [5, 5.41) is 11.7. The van der Waals surface area contributed by atoms with Crippen molar-refractivity contribution in [1.82, 2.24) is 15.2 Å². The summed E-state index contributed by atoms with van der Waals surface area (Å²) in [7, 11) is 0. The Morgan fingerprint density at radius 1 is 1.12 bits per heavy atom. The van der Waals surface area contributed by atoms with Crippen LogP contribution in [0.1, 0.15) is 38.3 Å². The molecular weight excluding hydrogens is 553 g/mol. The normalized spacial score (nSPS) is 17.5. The molecule has 2 aromatic carbocycles. The topological polar surface area (TPSA) is 119 Å². The Labute approximate surface area is 229 Å². The van der Waals surface area contributed by atoms with Gasteiger partial charge >= 0.3 is 6.18 Å². The van der Waals surface area contributed by atoms with E-state index < -0.39 is 58.0 Å². The number of benzene rings is 2. The number of carbonyl (C=O) groups excluding carboxylic acids is 2. The number of anilines is 1. The number of aromatic amines is 1. The van der Waals surface area contributed by atoms with Crippen molar-refractivity contribution in [2.45, 2.75) is 18.6 Å². The summed E-state index contributed by atoms with van der Waals surface area (Å²) in [6, 6.07) is 6.16. The first-order valence-corrected chi connectivity index (χ1v) is 12.6. The molecule has 0 saturated carbocycles. The van der Waals surface area contributed by atoms with Crippen molar-refractivity contribution in [3.8, 4) is 6.07 Å². The summed E-state index contributed by atoms with van der Waals surface area (Å²) >= 11 is 0. The van der Waals surface area contributed by atoms with Gasteiger partial charge in [0, 0.05) is 37.6 Å². The zero-order chi connectivity index (χ0) is 29.5. The second kappa shape index (κ2) is 10.8. The fourth-order valence-corrected chi connectivity index (χ4v) is 5.18. The van der Waals surface area contributed by atoms with Gasteiger partial charge in [0.15, 0.2) is 0 Å². The molecule has 2 N–H and O–H groups in total. The SMILES string of the molecule is N#Cc1cc(C(=O)N2CCOCC2)c(N2CC[C@@H](NC(=O)c3c(F)c(=O)[nH]c4c(F)cccc34)C2)c(C(F)(F)F)c1. The third-order valence-electron chi connectivity index (χ3n) is 7.08. The summed E-state index contributed by atoms with van der Waals surface area (Å²) in [6.07, 6.45) is -4.80. The Morgan fingerprint density at radius 3 is 2.54 bits per heavy atom. The summed E-state index contributed by atoms with van der Waals surface area (Å²) in [4.78, 5) is 43.2. The molecule has 0 bridgehead atoms. The number of fused-ring (bicyclic) bond motifs is 1. The number of amides is 2. The number of morpholine rings is 1. The van der Waals surface area contributed by atoms with Gasteiger partial charge in [-0.3, -0.25) is 14.4 Å². The first-order chi connectivity index (χ1) is 19.5. The van der Waals surface area contributed by atoms with Gasteiger partial charge in [-0.05, 0) is 24.6 Å². The zero-order valence-corrected chi connectivity index (χ0v) is 21.3. The third-order valence-corrected chi connectivity index (χ3v) is 7.08. The minimum atomic E-state index is -4.92. The first kappa shape index (κ1) is 28.0. The first-order valence-electron chi connectivity index (χ1n) is 12.6. The molecule has 41 heavy (non-hydrogen) atoms. The number of ether oxygens (including phenoxy) is 1. The Kier molecular flexibility index (Phi) is 7.39. The minimum absolute atomic E-state index is 0.0173. The molecule has 1 atom stereocenters. The molecule has 2 fully saturated rings. The molecule has 0 unspecified atom stereocenters. The van der Waals surface area contributed by atoms with Gasteiger partial charge < -0.3 is 24.8 Å². The lowest BCUT2D eigenvalue weighted by Gasteiger charge is -2.31. The summed E-state index contributed by atoms with van der Waals surface area (Å²) < 4.78 is 76.9. The summed E-state index contributed by atoms with van der Waals surface area (Å²) in [6.45, 7) is 0.523. The minimum Gasteiger partial charge on any atom is -0.378 e. The zero-order valence-electron chi connectivity index (χ0n) is 21.3. The number of hydrogen-bond acceptors (Lipinski definition) is 6. The molecule has 0 spiro atoms. The maximum absolute atomic E-state index is 14.8. The van der Waals surface area contributed by atoms with E-state index in [1.807, 2.05) is 0 Å². The number of alkyl halides is 3. The lowest BCUT2D eigenvalue weighted by molar-refractivity contribution is -0.137. The third kappa shape index (κ3) is 5.32. The number of pyridine rings is 1. The molecule has 1 aromatic heterocycles. The van der Waals surface area contributed by atoms with E-state index in [1.165, 1.54) is 21.9 Å². The average molecular weight is 575 g/mol. The van der Waals surface area contributed by atoms with Crippen LogP contribution in [0, 0.1) is 23.0 Å². The predicted molar refractivity (Wildman–Crippen MR) is 135 cm³/mol. The van der Waals surface area contributed by atoms with Crippen LogP contribution in [0.15, 0.2) is 35.1 Å². The van der Waals surface area contributed by atoms with E-state index in [4.69, 9.17) is 4.74 Å². The van der Waals surface area contributed by atoms with Crippen molar-refractivity contribution < 1.29 is 36.3 Å². The maximum Gasteiger partial charge on any atom is 0.418 e. The molecule has 2 amide bonds. The van der Waals surface area contributed by atoms with Crippen molar-refractivity contribution in [2.75, 3.05) is 44.3 Å². The van der Waals surface area contributed by atoms with Crippen LogP contribution in [0.5, 0.6) is 0 Å². The molecule has 0 aliphatic carbocycles. The van der Waals surface area contributed by atoms with E-state index in [1.54, 1.807) is 6.07 Å². The fourth-order valence-electron chi connectivity index (χ4n) is 5.18. The number of nitrogens with one attached hydrogen (secondary N) is 2. The number of aromatic nitrogens is 1. The number of nitrogens with zero attached hydrogens (tertiary/aromatic N) is 3. The Hall–Kier alpha value is -4.51. The lowest BCUT2D eigenvalue weighted by Crippen LogP contribution is -2.42. The molecule has 14 heteroatoms. The molecule has 0 radical (unpaired) electrons. The summed E-state index contributed by atoms with van der Waals surface area (Å²) in [5.74, 6) is -4.05. The standard InChI is InChI=1S/C27H22F5N5O4/c28-19-3-1-2-16-20(21(29)25(39)35-22(16)19)24(38)34-15-4-5-37(13-15)23-17(26(40)36-6-8-41-9-7-36)10-14(12-33)11-18(23)27(30,31)32/h1-3,10-11,15H,4-9,13H2,(H,34,38)(H,35,39)/t15-/m1/s1. The van der Waals surface area contributed by atoms with Crippen molar-refractivity contribution in [2.24, 2.45) is 0 Å². The van der Waals surface area contributed by atoms with Crippen molar-refractivity contribution in [1.29, 1.82) is 5.26 Å². The average Bonchev–Trinajstić information content (AvgIpc) is 3.41. The van der Waals surface area contributed by atoms with E-state index in [9.17, 15) is 41.6 Å². The number of rotatable bonds is 4. The highest BCUT2D eigenvalue weighted by Gasteiger charge is 2.40. The molecule has 9 nitrogen and oxygen atoms in total. The predicted octanol–water partition coefficient (Wildman–Crippen LogP) is 3.18. The van der Waals surface area contributed by atoms with Gasteiger partial charge in [0.05, 0.1) is 52.7 Å². The molecule has 214 valence electrons. The highest BCUT2D eigenvalue weighted by atomic mass is 19.4. The smallest absolute Gasteiger partial charge is 0.378 e. The van der Waals surface area contributed by atoms with Crippen molar-refractivity contribution in [3.05, 3.63) is 74.6 Å². The molecule has 2 aliphatic heterocycles. The van der Waals surface area contributed by atoms with Crippen molar-refractivity contribution in [3.63, 3.8) is 0 Å². The quantitative estimate of drug-likeness (QED) is 0.462. The van der Waals surface area contributed by atoms with Gasteiger partial charge in [0.2, 0.25) is 5.82 Å². The van der Waals surface area contributed by atoms with Crippen LogP contribution in [-0.4, -0.2) is 67.1 Å². The molecule has 3 aromatic rings. The number of carbonyl (C=O) groups is 2. The second-order valence-corrected chi connectivity index (χ2v) is 9.64. The largest absolute Gasteiger partial charge is 0.418 e. The van der Waals surface area contributed by atoms with Crippen LogP contribution in [0.3, 0.4) is 0 Å². The van der Waals surface area contributed by atoms with E-state index in [2.05, 4.69) is 10.3 Å². The van der Waals surface area contributed by atoms with Crippen LogP contribution in [0.2, 0.25) is 0 Å². The Morgan fingerprint density at radius 2 is 1.85 bits per heavy atom. The number of H-pyrrole nitrogens is 1. The van der Waals surface area contributed by atoms with E-state index in [-0.39, 0.29) is 67.8 Å². The van der Waals surface area contributed by atoms with Gasteiger partial charge in [-0.15, -0.1) is 0 Å². The highest BCUT2D eigenvalue weighted by molar-refractivity contribution is 6.06. The van der Waals surface area contributed by atoms with Crippen molar-refractivity contribution >= 4 is 28.4 Å². The van der Waals surface area contributed by atoms with Crippen LogP contribution in [-0.2, 0) is 10.9 Å². The van der Waals surface area contributed by atoms with E-state index in [0.717, 1.165) is 12.1 Å². The lowest BCUT2D eigenvalue weighted by atomic mass is 10.00. The van der Waals surface area contributed by atoms with E-state index in [0.29, 0.717) is 6.07 Å². The van der Waals surface area contributed by atoms with Gasteiger partial charge in [0.1, 0.15) is 5.82 Å². The van der Waals surface area contributed by atoms with Gasteiger partial charge in [-0.2, -0.15) is 22.8 Å². The highest BCUT2D eigenvalue weighted by Crippen LogP contribution is 2.41. The second-order valence-electron chi connectivity index (χ2n) is 9.64. The molecule has 2 aliphatic rings. The molecular formula is C27H22F5N5O4. The van der Waals surface area contributed by atoms with Gasteiger partial charge in [-0.1, -0.05) is 12.1 Å². The molecule has 5 rings (SSSR count).